The monoisotopic (exact) mass is 383 g/mol. The molecule has 2 saturated heterocycles. The molecule has 0 amide bonds. The van der Waals surface area contributed by atoms with Crippen molar-refractivity contribution in [3.63, 3.8) is 0 Å². The van der Waals surface area contributed by atoms with E-state index in [2.05, 4.69) is 0 Å². The predicted molar refractivity (Wildman–Crippen MR) is 97.7 cm³/mol. The van der Waals surface area contributed by atoms with Crippen molar-refractivity contribution in [3.8, 4) is 0 Å². The fourth-order valence-electron chi connectivity index (χ4n) is 3.76. The van der Waals surface area contributed by atoms with Gasteiger partial charge in [-0.05, 0) is 43.7 Å². The number of nitrogens with zero attached hydrogens (tertiary/aromatic N) is 3. The molecule has 2 unspecified atom stereocenters. The van der Waals surface area contributed by atoms with Crippen LogP contribution >= 0.6 is 0 Å². The van der Waals surface area contributed by atoms with Gasteiger partial charge in [-0.2, -0.15) is 4.31 Å². The topological polar surface area (TPSA) is 104 Å². The molecule has 9 heteroatoms. The van der Waals surface area contributed by atoms with Gasteiger partial charge in [0.25, 0.3) is 5.69 Å². The molecule has 26 heavy (non-hydrogen) atoms. The van der Waals surface area contributed by atoms with Gasteiger partial charge in [0.05, 0.1) is 15.9 Å². The molecule has 0 radical (unpaired) electrons. The minimum absolute atomic E-state index is 0.0420. The molecule has 1 aromatic carbocycles. The number of benzene rings is 1. The van der Waals surface area contributed by atoms with Crippen molar-refractivity contribution in [2.45, 2.75) is 43.6 Å². The molecule has 0 aromatic heterocycles. The number of hydrogen-bond donors (Lipinski definition) is 1. The van der Waals surface area contributed by atoms with Crippen LogP contribution in [0, 0.1) is 16.0 Å². The van der Waals surface area contributed by atoms with E-state index in [4.69, 9.17) is 0 Å². The average molecular weight is 383 g/mol. The summed E-state index contributed by atoms with van der Waals surface area (Å²) in [6.45, 7) is 3.82. The maximum Gasteiger partial charge on any atom is 0.293 e. The van der Waals surface area contributed by atoms with Crippen LogP contribution in [0.3, 0.4) is 0 Å². The Morgan fingerprint density at radius 2 is 1.92 bits per heavy atom. The number of piperidine rings is 2. The standard InChI is InChI=1S/C17H25N3O5S/c1-13-4-2-9-19(11-13)26(24,25)15-6-7-16(17(10-15)20(22)23)18-8-3-5-14(21)12-18/h6-7,10,13-14,21H,2-5,8-9,11-12H2,1H3. The smallest absolute Gasteiger partial charge is 0.293 e. The predicted octanol–water partition coefficient (Wildman–Crippen LogP) is 1.98. The molecule has 2 aliphatic heterocycles. The molecule has 8 nitrogen and oxygen atoms in total. The van der Waals surface area contributed by atoms with Crippen LogP contribution in [0.5, 0.6) is 0 Å². The third-order valence-electron chi connectivity index (χ3n) is 5.14. The van der Waals surface area contributed by atoms with Gasteiger partial charge in [-0.3, -0.25) is 10.1 Å². The van der Waals surface area contributed by atoms with Crippen LogP contribution in [-0.4, -0.2) is 55.0 Å². The lowest BCUT2D eigenvalue weighted by molar-refractivity contribution is -0.384. The Bertz CT molecular complexity index is 783. The van der Waals surface area contributed by atoms with Crippen molar-refractivity contribution in [1.82, 2.24) is 4.31 Å². The highest BCUT2D eigenvalue weighted by molar-refractivity contribution is 7.89. The minimum atomic E-state index is -3.75. The highest BCUT2D eigenvalue weighted by atomic mass is 32.2. The van der Waals surface area contributed by atoms with Gasteiger partial charge in [0.1, 0.15) is 5.69 Å². The molecule has 0 saturated carbocycles. The maximum absolute atomic E-state index is 12.9. The maximum atomic E-state index is 12.9. The average Bonchev–Trinajstić information content (AvgIpc) is 2.61. The van der Waals surface area contributed by atoms with Crippen molar-refractivity contribution in [2.24, 2.45) is 5.92 Å². The quantitative estimate of drug-likeness (QED) is 0.630. The van der Waals surface area contributed by atoms with Crippen LogP contribution < -0.4 is 4.90 Å². The highest BCUT2D eigenvalue weighted by Crippen LogP contribution is 2.34. The second kappa shape index (κ2) is 7.50. The van der Waals surface area contributed by atoms with E-state index in [0.717, 1.165) is 25.3 Å². The van der Waals surface area contributed by atoms with Crippen LogP contribution in [0.15, 0.2) is 23.1 Å². The number of nitro benzene ring substituents is 1. The third-order valence-corrected chi connectivity index (χ3v) is 7.00. The molecular weight excluding hydrogens is 358 g/mol. The van der Waals surface area contributed by atoms with Crippen LogP contribution in [0.1, 0.15) is 32.6 Å². The minimum Gasteiger partial charge on any atom is -0.391 e. The van der Waals surface area contributed by atoms with Crippen molar-refractivity contribution in [2.75, 3.05) is 31.1 Å². The number of β-amino-alcohol motifs (C(OH)–C–C–N with tert-alkyl or cyclic N) is 1. The lowest BCUT2D eigenvalue weighted by Crippen LogP contribution is -2.39. The zero-order valence-electron chi connectivity index (χ0n) is 14.9. The Kier molecular flexibility index (Phi) is 5.50. The summed E-state index contributed by atoms with van der Waals surface area (Å²) in [6.07, 6.45) is 2.67. The van der Waals surface area contributed by atoms with Gasteiger partial charge in [0, 0.05) is 32.2 Å². The Balaban J connectivity index is 1.94. The zero-order chi connectivity index (χ0) is 18.9. The van der Waals surface area contributed by atoms with Crippen molar-refractivity contribution in [1.29, 1.82) is 0 Å². The van der Waals surface area contributed by atoms with Gasteiger partial charge < -0.3 is 10.0 Å². The second-order valence-electron chi connectivity index (χ2n) is 7.26. The van der Waals surface area contributed by atoms with E-state index in [1.54, 1.807) is 4.90 Å². The molecule has 3 rings (SSSR count). The van der Waals surface area contributed by atoms with Gasteiger partial charge in [0.15, 0.2) is 0 Å². The summed E-state index contributed by atoms with van der Waals surface area (Å²) >= 11 is 0. The number of hydrogen-bond acceptors (Lipinski definition) is 6. The summed E-state index contributed by atoms with van der Waals surface area (Å²) in [5.41, 5.74) is 0.130. The van der Waals surface area contributed by atoms with Gasteiger partial charge in [-0.25, -0.2) is 8.42 Å². The molecule has 1 aromatic rings. The number of nitro groups is 1. The fraction of sp³-hybridized carbons (Fsp3) is 0.647. The number of aliphatic hydroxyl groups is 1. The van der Waals surface area contributed by atoms with E-state index in [0.29, 0.717) is 38.3 Å². The molecule has 0 bridgehead atoms. The van der Waals surface area contributed by atoms with E-state index in [1.165, 1.54) is 16.4 Å². The summed E-state index contributed by atoms with van der Waals surface area (Å²) in [7, 11) is -3.75. The molecule has 2 aliphatic rings. The molecular formula is C17H25N3O5S. The zero-order valence-corrected chi connectivity index (χ0v) is 15.7. The first-order valence-corrected chi connectivity index (χ1v) is 10.4. The lowest BCUT2D eigenvalue weighted by atomic mass is 10.0. The van der Waals surface area contributed by atoms with Crippen molar-refractivity contribution in [3.05, 3.63) is 28.3 Å². The highest BCUT2D eigenvalue weighted by Gasteiger charge is 2.32. The first kappa shape index (κ1) is 19.1. The van der Waals surface area contributed by atoms with Gasteiger partial charge in [0.2, 0.25) is 10.0 Å². The summed E-state index contributed by atoms with van der Waals surface area (Å²) in [5.74, 6) is 0.280. The summed E-state index contributed by atoms with van der Waals surface area (Å²) < 4.78 is 27.2. The van der Waals surface area contributed by atoms with Crippen LogP contribution in [0.2, 0.25) is 0 Å². The van der Waals surface area contributed by atoms with Gasteiger partial charge in [-0.1, -0.05) is 6.92 Å². The first-order chi connectivity index (χ1) is 12.3. The second-order valence-corrected chi connectivity index (χ2v) is 9.20. The van der Waals surface area contributed by atoms with E-state index in [-0.39, 0.29) is 16.5 Å². The Labute approximate surface area is 153 Å². The number of anilines is 1. The molecule has 2 atom stereocenters. The van der Waals surface area contributed by atoms with E-state index in [1.807, 2.05) is 6.92 Å². The summed E-state index contributed by atoms with van der Waals surface area (Å²) in [6, 6.07) is 4.10. The molecule has 1 N–H and O–H groups in total. The Morgan fingerprint density at radius 3 is 2.58 bits per heavy atom. The SMILES string of the molecule is CC1CCCN(S(=O)(=O)c2ccc(N3CCCC(O)C3)c([N+](=O)[O-])c2)C1. The van der Waals surface area contributed by atoms with Crippen LogP contribution in [0.25, 0.3) is 0 Å². The van der Waals surface area contributed by atoms with Gasteiger partial charge >= 0.3 is 0 Å². The molecule has 144 valence electrons. The van der Waals surface area contributed by atoms with Crippen LogP contribution in [0.4, 0.5) is 11.4 Å². The van der Waals surface area contributed by atoms with E-state index < -0.39 is 21.1 Å². The number of sulfonamides is 1. The first-order valence-electron chi connectivity index (χ1n) is 9.00. The largest absolute Gasteiger partial charge is 0.391 e. The number of rotatable bonds is 4. The molecule has 0 spiro atoms. The Morgan fingerprint density at radius 1 is 1.19 bits per heavy atom. The summed E-state index contributed by atoms with van der Waals surface area (Å²) in [5, 5.41) is 21.4. The number of aliphatic hydroxyl groups excluding tert-OH is 1. The molecule has 0 aliphatic carbocycles. The van der Waals surface area contributed by atoms with E-state index >= 15 is 0 Å². The van der Waals surface area contributed by atoms with Crippen LogP contribution in [-0.2, 0) is 10.0 Å². The third kappa shape index (κ3) is 3.84. The lowest BCUT2D eigenvalue weighted by Gasteiger charge is -2.32. The van der Waals surface area contributed by atoms with E-state index in [9.17, 15) is 23.6 Å². The van der Waals surface area contributed by atoms with Crippen molar-refractivity contribution < 1.29 is 18.4 Å². The summed E-state index contributed by atoms with van der Waals surface area (Å²) in [4.78, 5) is 12.7. The molecule has 2 heterocycles. The fourth-order valence-corrected chi connectivity index (χ4v) is 5.38. The van der Waals surface area contributed by atoms with Gasteiger partial charge in [-0.15, -0.1) is 0 Å². The van der Waals surface area contributed by atoms with Crippen molar-refractivity contribution >= 4 is 21.4 Å². The Hall–Kier alpha value is -1.71. The molecule has 2 fully saturated rings. The normalized spacial score (nSPS) is 25.2.